The number of sulfonamides is 1. The molecule has 0 saturated carbocycles. The van der Waals surface area contributed by atoms with Crippen molar-refractivity contribution in [1.82, 2.24) is 9.62 Å². The fourth-order valence-corrected chi connectivity index (χ4v) is 6.68. The molecule has 296 valence electrons. The van der Waals surface area contributed by atoms with E-state index in [1.807, 2.05) is 20.8 Å². The number of nitrogens with zero attached hydrogens (tertiary/aromatic N) is 1. The van der Waals surface area contributed by atoms with Crippen LogP contribution < -0.4 is 10.0 Å². The Hall–Kier alpha value is -3.08. The van der Waals surface area contributed by atoms with Crippen LogP contribution in [-0.4, -0.2) is 72.5 Å². The molecule has 1 atom stereocenters. The summed E-state index contributed by atoms with van der Waals surface area (Å²) in [6.07, 6.45) is 1.84. The van der Waals surface area contributed by atoms with Gasteiger partial charge in [0, 0.05) is 29.0 Å². The first-order valence-corrected chi connectivity index (χ1v) is 19.8. The molecule has 0 amide bonds. The van der Waals surface area contributed by atoms with Crippen LogP contribution in [0.25, 0.3) is 0 Å². The standard InChI is InChI=1S/C35H40Cl5N3O10S/c1-22(32(46)23-9-7-10-24(36)15-23)43(34(2,3)4)21-53-31(45)13-6-5-12-30(44)52-20-42-54(48,49)29-16-26(33(47)51-19-35(38,39)40)28(17-27(29)37)41-18-25-11-8-14-50-25/h7-11,14-17,22,41-42H,5-6,12-13,18-21H2,1-4H3. The number of halogens is 5. The summed E-state index contributed by atoms with van der Waals surface area (Å²) in [5, 5.41) is 3.09. The van der Waals surface area contributed by atoms with E-state index in [-0.39, 0.29) is 61.0 Å². The van der Waals surface area contributed by atoms with Gasteiger partial charge in [0.1, 0.15) is 24.0 Å². The molecule has 0 saturated heterocycles. The summed E-state index contributed by atoms with van der Waals surface area (Å²) >= 11 is 29.4. The first-order valence-electron chi connectivity index (χ1n) is 16.4. The highest BCUT2D eigenvalue weighted by Crippen LogP contribution is 2.32. The Morgan fingerprint density at radius 1 is 0.907 bits per heavy atom. The summed E-state index contributed by atoms with van der Waals surface area (Å²) in [5.41, 5.74) is -0.228. The van der Waals surface area contributed by atoms with Crippen LogP contribution in [0.3, 0.4) is 0 Å². The number of benzene rings is 2. The van der Waals surface area contributed by atoms with Crippen LogP contribution in [0, 0.1) is 0 Å². The van der Waals surface area contributed by atoms with E-state index in [1.165, 1.54) is 12.3 Å². The Bertz CT molecular complexity index is 1880. The van der Waals surface area contributed by atoms with Crippen LogP contribution in [0.5, 0.6) is 0 Å². The van der Waals surface area contributed by atoms with Crippen molar-refractivity contribution < 1.29 is 46.2 Å². The number of esters is 3. The lowest BCUT2D eigenvalue weighted by Crippen LogP contribution is -2.51. The lowest BCUT2D eigenvalue weighted by molar-refractivity contribution is -0.152. The molecule has 0 bridgehead atoms. The van der Waals surface area contributed by atoms with Crippen molar-refractivity contribution >= 4 is 97.4 Å². The number of unbranched alkanes of at least 4 members (excludes halogenated alkanes) is 1. The summed E-state index contributed by atoms with van der Waals surface area (Å²) in [6.45, 7) is 6.01. The van der Waals surface area contributed by atoms with Gasteiger partial charge in [-0.1, -0.05) is 70.1 Å². The van der Waals surface area contributed by atoms with Gasteiger partial charge >= 0.3 is 17.9 Å². The maximum atomic E-state index is 13.1. The number of carbonyl (C=O) groups is 4. The maximum absolute atomic E-state index is 13.1. The van der Waals surface area contributed by atoms with Crippen molar-refractivity contribution in [2.24, 2.45) is 0 Å². The van der Waals surface area contributed by atoms with E-state index in [0.29, 0.717) is 16.3 Å². The quantitative estimate of drug-likeness (QED) is 0.0298. The molecule has 3 rings (SSSR count). The van der Waals surface area contributed by atoms with Gasteiger partial charge in [0.2, 0.25) is 13.8 Å². The first kappa shape index (κ1) is 45.3. The Morgan fingerprint density at radius 2 is 1.57 bits per heavy atom. The van der Waals surface area contributed by atoms with Crippen LogP contribution in [-0.2, 0) is 40.4 Å². The fraction of sp³-hybridized carbons (Fsp3) is 0.429. The van der Waals surface area contributed by atoms with E-state index in [0.717, 1.165) is 6.07 Å². The highest BCUT2D eigenvalue weighted by Gasteiger charge is 2.32. The SMILES string of the molecule is CC(C(=O)c1cccc(Cl)c1)N(COC(=O)CCCCC(=O)OCNS(=O)(=O)c1cc(C(=O)OCC(Cl)(Cl)Cl)c(NCc2ccco2)cc1Cl)C(C)(C)C. The lowest BCUT2D eigenvalue weighted by atomic mass is 9.99. The van der Waals surface area contributed by atoms with Gasteiger partial charge in [-0.05, 0) is 76.9 Å². The molecule has 1 aromatic heterocycles. The van der Waals surface area contributed by atoms with Gasteiger partial charge in [-0.15, -0.1) is 0 Å². The van der Waals surface area contributed by atoms with Crippen molar-refractivity contribution in [3.63, 3.8) is 0 Å². The van der Waals surface area contributed by atoms with E-state index >= 15 is 0 Å². The zero-order chi connectivity index (χ0) is 40.3. The van der Waals surface area contributed by atoms with Gasteiger partial charge in [-0.2, -0.15) is 4.72 Å². The number of hydrogen-bond donors (Lipinski definition) is 2. The van der Waals surface area contributed by atoms with Gasteiger partial charge in [0.15, 0.2) is 12.5 Å². The summed E-state index contributed by atoms with van der Waals surface area (Å²) in [5.74, 6) is -1.95. The van der Waals surface area contributed by atoms with Gasteiger partial charge < -0.3 is 23.9 Å². The normalized spacial score (nSPS) is 12.6. The maximum Gasteiger partial charge on any atom is 0.340 e. The van der Waals surface area contributed by atoms with Crippen molar-refractivity contribution in [2.45, 2.75) is 80.2 Å². The van der Waals surface area contributed by atoms with E-state index in [9.17, 15) is 27.6 Å². The predicted molar refractivity (Wildman–Crippen MR) is 206 cm³/mol. The van der Waals surface area contributed by atoms with E-state index in [1.54, 1.807) is 48.2 Å². The lowest BCUT2D eigenvalue weighted by Gasteiger charge is -2.38. The van der Waals surface area contributed by atoms with Gasteiger partial charge in [0.25, 0.3) is 0 Å². The predicted octanol–water partition coefficient (Wildman–Crippen LogP) is 7.94. The molecule has 19 heteroatoms. The zero-order valence-electron chi connectivity index (χ0n) is 29.8. The number of anilines is 1. The third kappa shape index (κ3) is 14.5. The van der Waals surface area contributed by atoms with E-state index in [2.05, 4.69) is 10.0 Å². The Balaban J connectivity index is 1.50. The molecule has 0 spiro atoms. The molecule has 13 nitrogen and oxygen atoms in total. The largest absolute Gasteiger partial charge is 0.467 e. The third-order valence-corrected chi connectivity index (χ3v) is 10.1. The smallest absolute Gasteiger partial charge is 0.340 e. The molecule has 3 aromatic rings. The molecule has 2 N–H and O–H groups in total. The van der Waals surface area contributed by atoms with Gasteiger partial charge in [-0.25, -0.2) is 13.2 Å². The molecule has 0 aliphatic rings. The second-order valence-electron chi connectivity index (χ2n) is 12.8. The molecule has 2 aromatic carbocycles. The first-order chi connectivity index (χ1) is 25.2. The fourth-order valence-electron chi connectivity index (χ4n) is 4.90. The van der Waals surface area contributed by atoms with Crippen molar-refractivity contribution in [3.8, 4) is 0 Å². The monoisotopic (exact) mass is 869 g/mol. The zero-order valence-corrected chi connectivity index (χ0v) is 34.4. The average Bonchev–Trinajstić information content (AvgIpc) is 3.60. The van der Waals surface area contributed by atoms with E-state index in [4.69, 9.17) is 76.6 Å². The van der Waals surface area contributed by atoms with Crippen LogP contribution in [0.15, 0.2) is 64.1 Å². The number of rotatable bonds is 19. The Labute approximate surface area is 338 Å². The molecule has 0 aliphatic heterocycles. The number of carbonyl (C=O) groups excluding carboxylic acids is 4. The molecule has 1 heterocycles. The number of ketones is 1. The molecule has 0 fully saturated rings. The Kier molecular flexibility index (Phi) is 16.9. The number of ether oxygens (including phenoxy) is 3. The number of nitrogens with one attached hydrogen (secondary N) is 2. The minimum absolute atomic E-state index is 0.00813. The minimum Gasteiger partial charge on any atom is -0.467 e. The molecule has 0 aliphatic carbocycles. The Morgan fingerprint density at radius 3 is 2.17 bits per heavy atom. The van der Waals surface area contributed by atoms with Crippen molar-refractivity contribution in [1.29, 1.82) is 0 Å². The summed E-state index contributed by atoms with van der Waals surface area (Å²) < 4.78 is 47.3. The second kappa shape index (κ2) is 20.2. The second-order valence-corrected chi connectivity index (χ2v) is 17.9. The van der Waals surface area contributed by atoms with Crippen LogP contribution in [0.1, 0.15) is 79.9 Å². The number of Topliss-reactive ketones (excluding diaryl/α,β-unsaturated/α-hetero) is 1. The van der Waals surface area contributed by atoms with Gasteiger partial charge in [-0.3, -0.25) is 19.3 Å². The highest BCUT2D eigenvalue weighted by atomic mass is 35.6. The highest BCUT2D eigenvalue weighted by molar-refractivity contribution is 7.89. The van der Waals surface area contributed by atoms with Crippen molar-refractivity contribution in [3.05, 3.63) is 81.7 Å². The molecular weight excluding hydrogens is 832 g/mol. The number of hydrogen-bond acceptors (Lipinski definition) is 12. The van der Waals surface area contributed by atoms with Crippen LogP contribution in [0.4, 0.5) is 5.69 Å². The average molecular weight is 872 g/mol. The van der Waals surface area contributed by atoms with Gasteiger partial charge in [0.05, 0.1) is 35.1 Å². The third-order valence-electron chi connectivity index (χ3n) is 7.66. The van der Waals surface area contributed by atoms with Crippen LogP contribution >= 0.6 is 58.0 Å². The van der Waals surface area contributed by atoms with Crippen LogP contribution in [0.2, 0.25) is 10.0 Å². The molecular formula is C35H40Cl5N3O10S. The summed E-state index contributed by atoms with van der Waals surface area (Å²) in [6, 6.07) is 11.5. The topological polar surface area (TPSA) is 171 Å². The molecule has 54 heavy (non-hydrogen) atoms. The summed E-state index contributed by atoms with van der Waals surface area (Å²) in [7, 11) is -4.43. The molecule has 0 radical (unpaired) electrons. The minimum atomic E-state index is -4.43. The van der Waals surface area contributed by atoms with Crippen molar-refractivity contribution in [2.75, 3.05) is 25.4 Å². The number of furan rings is 1. The van der Waals surface area contributed by atoms with E-state index < -0.39 is 61.5 Å². The number of alkyl halides is 3. The summed E-state index contributed by atoms with van der Waals surface area (Å²) in [4.78, 5) is 52.1. The molecule has 1 unspecified atom stereocenters.